The monoisotopic (exact) mass is 258 g/mol. The number of H-pyrrole nitrogens is 1. The summed E-state index contributed by atoms with van der Waals surface area (Å²) in [6.45, 7) is 2.03. The van der Waals surface area contributed by atoms with E-state index in [-0.39, 0.29) is 0 Å². The van der Waals surface area contributed by atoms with Gasteiger partial charge in [-0.2, -0.15) is 5.10 Å². The average Bonchev–Trinajstić information content (AvgIpc) is 3.00. The third kappa shape index (κ3) is 2.07. The van der Waals surface area contributed by atoms with Crippen LogP contribution in [0.15, 0.2) is 31.0 Å². The molecule has 0 saturated carbocycles. The Hall–Kier alpha value is -2.28. The first-order valence-corrected chi connectivity index (χ1v) is 6.14. The highest BCUT2D eigenvalue weighted by Crippen LogP contribution is 2.30. The minimum atomic E-state index is 0.685. The maximum absolute atomic E-state index is 4.53. The Morgan fingerprint density at radius 1 is 1.28 bits per heavy atom. The van der Waals surface area contributed by atoms with Gasteiger partial charge < -0.3 is 5.32 Å². The van der Waals surface area contributed by atoms with E-state index in [2.05, 4.69) is 30.5 Å². The second kappa shape index (κ2) is 4.53. The Labute approximate surface area is 107 Å². The van der Waals surface area contributed by atoms with Crippen molar-refractivity contribution in [1.29, 1.82) is 0 Å². The predicted octanol–water partition coefficient (Wildman–Crippen LogP) is 2.38. The van der Waals surface area contributed by atoms with E-state index in [9.17, 15) is 0 Å². The summed E-state index contributed by atoms with van der Waals surface area (Å²) in [7, 11) is 0. The highest BCUT2D eigenvalue weighted by atomic mass is 32.1. The van der Waals surface area contributed by atoms with Gasteiger partial charge in [0.1, 0.15) is 0 Å². The smallest absolute Gasteiger partial charge is 0.189 e. The van der Waals surface area contributed by atoms with E-state index in [1.807, 2.05) is 13.1 Å². The van der Waals surface area contributed by atoms with Crippen LogP contribution in [0.1, 0.15) is 4.88 Å². The first kappa shape index (κ1) is 10.8. The molecule has 0 bridgehead atoms. The van der Waals surface area contributed by atoms with Gasteiger partial charge in [-0.05, 0) is 6.92 Å². The molecule has 0 spiro atoms. The number of aromatic nitrogens is 5. The second-order valence-corrected chi connectivity index (χ2v) is 4.83. The first-order chi connectivity index (χ1) is 8.83. The maximum Gasteiger partial charge on any atom is 0.189 e. The number of anilines is 2. The van der Waals surface area contributed by atoms with Gasteiger partial charge in [0.25, 0.3) is 0 Å². The summed E-state index contributed by atoms with van der Waals surface area (Å²) in [5.41, 5.74) is 1.91. The van der Waals surface area contributed by atoms with E-state index in [0.717, 1.165) is 21.3 Å². The highest BCUT2D eigenvalue weighted by molar-refractivity contribution is 7.16. The highest BCUT2D eigenvalue weighted by Gasteiger charge is 2.10. The summed E-state index contributed by atoms with van der Waals surface area (Å²) in [6.07, 6.45) is 8.52. The zero-order valence-corrected chi connectivity index (χ0v) is 10.4. The van der Waals surface area contributed by atoms with Crippen molar-refractivity contribution in [3.05, 3.63) is 35.9 Å². The number of rotatable bonds is 3. The van der Waals surface area contributed by atoms with Gasteiger partial charge in [0.15, 0.2) is 10.9 Å². The van der Waals surface area contributed by atoms with Crippen molar-refractivity contribution in [3.63, 3.8) is 0 Å². The van der Waals surface area contributed by atoms with Gasteiger partial charge in [-0.15, -0.1) is 11.3 Å². The van der Waals surface area contributed by atoms with Crippen LogP contribution in [0.4, 0.5) is 10.9 Å². The lowest BCUT2D eigenvalue weighted by Crippen LogP contribution is -1.92. The zero-order chi connectivity index (χ0) is 12.4. The van der Waals surface area contributed by atoms with Gasteiger partial charge >= 0.3 is 0 Å². The van der Waals surface area contributed by atoms with Crippen molar-refractivity contribution in [1.82, 2.24) is 25.1 Å². The zero-order valence-electron chi connectivity index (χ0n) is 9.58. The van der Waals surface area contributed by atoms with Gasteiger partial charge in [-0.25, -0.2) is 9.97 Å². The quantitative estimate of drug-likeness (QED) is 0.754. The molecule has 0 aliphatic rings. The number of nitrogens with zero attached hydrogens (tertiary/aromatic N) is 4. The normalized spacial score (nSPS) is 10.5. The lowest BCUT2D eigenvalue weighted by Gasteiger charge is -1.98. The molecule has 18 heavy (non-hydrogen) atoms. The van der Waals surface area contributed by atoms with Crippen LogP contribution in [-0.4, -0.2) is 25.1 Å². The molecule has 0 atom stereocenters. The number of nitrogens with one attached hydrogen (secondary N) is 2. The van der Waals surface area contributed by atoms with Crippen molar-refractivity contribution in [3.8, 4) is 11.3 Å². The van der Waals surface area contributed by atoms with Gasteiger partial charge in [0.2, 0.25) is 0 Å². The number of aromatic amines is 1. The van der Waals surface area contributed by atoms with Crippen molar-refractivity contribution in [2.45, 2.75) is 6.92 Å². The molecule has 3 aromatic rings. The van der Waals surface area contributed by atoms with Gasteiger partial charge in [-0.1, -0.05) is 0 Å². The Kier molecular flexibility index (Phi) is 2.73. The molecule has 0 aliphatic heterocycles. The SMILES string of the molecule is Cc1sc(Nc2cnccn2)nc1-c1cn[nH]c1. The molecule has 0 amide bonds. The maximum atomic E-state index is 4.53. The molecule has 3 aromatic heterocycles. The average molecular weight is 258 g/mol. The number of aryl methyl sites for hydroxylation is 1. The Morgan fingerprint density at radius 2 is 2.22 bits per heavy atom. The topological polar surface area (TPSA) is 79.4 Å². The lowest BCUT2D eigenvalue weighted by atomic mass is 10.2. The fraction of sp³-hybridized carbons (Fsp3) is 0.0909. The van der Waals surface area contributed by atoms with Crippen LogP contribution in [0.25, 0.3) is 11.3 Å². The van der Waals surface area contributed by atoms with E-state index in [1.54, 1.807) is 36.1 Å². The van der Waals surface area contributed by atoms with Crippen LogP contribution in [0.2, 0.25) is 0 Å². The van der Waals surface area contributed by atoms with E-state index < -0.39 is 0 Å². The third-order valence-corrected chi connectivity index (χ3v) is 3.25. The number of hydrogen-bond acceptors (Lipinski definition) is 6. The second-order valence-electron chi connectivity index (χ2n) is 3.63. The van der Waals surface area contributed by atoms with Crippen LogP contribution in [0, 0.1) is 6.92 Å². The van der Waals surface area contributed by atoms with E-state index >= 15 is 0 Å². The van der Waals surface area contributed by atoms with E-state index in [4.69, 9.17) is 0 Å². The molecule has 0 radical (unpaired) electrons. The van der Waals surface area contributed by atoms with Crippen LogP contribution >= 0.6 is 11.3 Å². The Morgan fingerprint density at radius 3 is 2.94 bits per heavy atom. The molecule has 90 valence electrons. The van der Waals surface area contributed by atoms with Crippen LogP contribution in [0.5, 0.6) is 0 Å². The molecule has 7 heteroatoms. The largest absolute Gasteiger partial charge is 0.315 e. The molecular weight excluding hydrogens is 248 g/mol. The molecule has 6 nitrogen and oxygen atoms in total. The van der Waals surface area contributed by atoms with Crippen LogP contribution in [0.3, 0.4) is 0 Å². The minimum absolute atomic E-state index is 0.685. The molecule has 0 fully saturated rings. The Bertz CT molecular complexity index is 631. The summed E-state index contributed by atoms with van der Waals surface area (Å²) >= 11 is 1.58. The van der Waals surface area contributed by atoms with Crippen molar-refractivity contribution in [2.24, 2.45) is 0 Å². The van der Waals surface area contributed by atoms with Gasteiger partial charge in [0.05, 0.1) is 18.1 Å². The third-order valence-electron chi connectivity index (χ3n) is 2.37. The van der Waals surface area contributed by atoms with Gasteiger partial charge in [0, 0.05) is 29.0 Å². The molecule has 0 aliphatic carbocycles. The standard InChI is InChI=1S/C11H10N6S/c1-7-10(8-4-14-15-5-8)17-11(18-7)16-9-6-12-2-3-13-9/h2-6H,1H3,(H,14,15)(H,13,16,17). The predicted molar refractivity (Wildman–Crippen MR) is 69.7 cm³/mol. The molecule has 3 rings (SSSR count). The summed E-state index contributed by atoms with van der Waals surface area (Å²) in [5, 5.41) is 10.6. The first-order valence-electron chi connectivity index (χ1n) is 5.32. The van der Waals surface area contributed by atoms with Crippen molar-refractivity contribution >= 4 is 22.3 Å². The molecule has 0 saturated heterocycles. The summed E-state index contributed by atoms with van der Waals surface area (Å²) in [6, 6.07) is 0. The molecule has 0 aromatic carbocycles. The van der Waals surface area contributed by atoms with Crippen LogP contribution < -0.4 is 5.32 Å². The van der Waals surface area contributed by atoms with Crippen molar-refractivity contribution in [2.75, 3.05) is 5.32 Å². The van der Waals surface area contributed by atoms with Crippen LogP contribution in [-0.2, 0) is 0 Å². The fourth-order valence-corrected chi connectivity index (χ4v) is 2.41. The number of hydrogen-bond donors (Lipinski definition) is 2. The molecule has 3 heterocycles. The molecule has 2 N–H and O–H groups in total. The summed E-state index contributed by atoms with van der Waals surface area (Å²) in [5.74, 6) is 0.685. The molecular formula is C11H10N6S. The van der Waals surface area contributed by atoms with E-state index in [1.165, 1.54) is 0 Å². The summed E-state index contributed by atoms with van der Waals surface area (Å²) in [4.78, 5) is 13.8. The number of thiazole rings is 1. The minimum Gasteiger partial charge on any atom is -0.315 e. The molecule has 0 unspecified atom stereocenters. The summed E-state index contributed by atoms with van der Waals surface area (Å²) < 4.78 is 0. The lowest BCUT2D eigenvalue weighted by molar-refractivity contribution is 1.09. The van der Waals surface area contributed by atoms with Crippen molar-refractivity contribution < 1.29 is 0 Å². The fourth-order valence-electron chi connectivity index (χ4n) is 1.57. The Balaban J connectivity index is 1.89. The van der Waals surface area contributed by atoms with Gasteiger partial charge in [-0.3, -0.25) is 10.1 Å². The van der Waals surface area contributed by atoms with E-state index in [0.29, 0.717) is 5.82 Å².